The summed E-state index contributed by atoms with van der Waals surface area (Å²) in [6.07, 6.45) is 1.76. The second kappa shape index (κ2) is 5.44. The van der Waals surface area contributed by atoms with Gasteiger partial charge in [0.2, 0.25) is 5.65 Å². The molecule has 112 valence electrons. The molecule has 0 bridgehead atoms. The van der Waals surface area contributed by atoms with Crippen molar-refractivity contribution in [3.63, 3.8) is 0 Å². The molecule has 7 nitrogen and oxygen atoms in total. The molecule has 22 heavy (non-hydrogen) atoms. The Hall–Kier alpha value is -2.96. The van der Waals surface area contributed by atoms with E-state index in [0.717, 1.165) is 5.56 Å². The van der Waals surface area contributed by atoms with Gasteiger partial charge in [-0.25, -0.2) is 18.9 Å². The van der Waals surface area contributed by atoms with Crippen molar-refractivity contribution in [2.45, 2.75) is 13.5 Å². The van der Waals surface area contributed by atoms with Crippen molar-refractivity contribution >= 4 is 17.5 Å². The van der Waals surface area contributed by atoms with Crippen LogP contribution in [0, 0.1) is 0 Å². The number of benzene rings is 1. The highest BCUT2D eigenvalue weighted by Crippen LogP contribution is 2.03. The Morgan fingerprint density at radius 2 is 2.05 bits per heavy atom. The highest BCUT2D eigenvalue weighted by molar-refractivity contribution is 5.58. The lowest BCUT2D eigenvalue weighted by Gasteiger charge is -1.98. The molecule has 3 aromatic rings. The summed E-state index contributed by atoms with van der Waals surface area (Å²) in [4.78, 5) is 21.0. The van der Waals surface area contributed by atoms with Crippen LogP contribution in [0.25, 0.3) is 11.7 Å². The third-order valence-corrected chi connectivity index (χ3v) is 3.41. The number of nitrogen functional groups attached to an aromatic ring is 1. The minimum absolute atomic E-state index is 0.212. The number of nitrogens with two attached hydrogens (primary N) is 1. The van der Waals surface area contributed by atoms with Gasteiger partial charge in [0.05, 0.1) is 6.54 Å². The van der Waals surface area contributed by atoms with E-state index in [9.17, 15) is 4.79 Å². The zero-order valence-corrected chi connectivity index (χ0v) is 12.4. The van der Waals surface area contributed by atoms with Gasteiger partial charge in [0.25, 0.3) is 0 Å². The van der Waals surface area contributed by atoms with Gasteiger partial charge in [-0.2, -0.15) is 0 Å². The average Bonchev–Trinajstić information content (AvgIpc) is 2.86. The molecule has 0 aliphatic heterocycles. The summed E-state index contributed by atoms with van der Waals surface area (Å²) in [5, 5.41) is 4.86. The van der Waals surface area contributed by atoms with E-state index in [1.807, 2.05) is 37.3 Å². The first-order valence-electron chi connectivity index (χ1n) is 6.88. The number of hydrogen-bond acceptors (Lipinski definition) is 5. The molecule has 2 N–H and O–H groups in total. The first-order valence-corrected chi connectivity index (χ1v) is 6.88. The third kappa shape index (κ3) is 2.16. The van der Waals surface area contributed by atoms with Gasteiger partial charge in [0.1, 0.15) is 5.35 Å². The summed E-state index contributed by atoms with van der Waals surface area (Å²) in [6, 6.07) is 9.64. The second-order valence-electron chi connectivity index (χ2n) is 4.80. The van der Waals surface area contributed by atoms with E-state index in [4.69, 9.17) is 5.73 Å². The van der Waals surface area contributed by atoms with Crippen LogP contribution in [0.1, 0.15) is 12.5 Å². The molecule has 0 saturated heterocycles. The fraction of sp³-hybridized carbons (Fsp3) is 0.200. The van der Waals surface area contributed by atoms with E-state index in [1.165, 1.54) is 9.08 Å². The molecule has 2 heterocycles. The number of aromatic nitrogens is 4. The topological polar surface area (TPSA) is 90.6 Å². The van der Waals surface area contributed by atoms with Gasteiger partial charge in [-0.3, -0.25) is 4.99 Å². The Bertz CT molecular complexity index is 1000. The number of nitrogens with zero attached hydrogens (tertiary/aromatic N) is 5. The molecule has 0 aliphatic carbocycles. The fourth-order valence-electron chi connectivity index (χ4n) is 2.38. The van der Waals surface area contributed by atoms with Crippen LogP contribution in [0.2, 0.25) is 0 Å². The minimum Gasteiger partial charge on any atom is -0.381 e. The zero-order chi connectivity index (χ0) is 15.7. The van der Waals surface area contributed by atoms with Crippen LogP contribution in [0.4, 0.5) is 5.82 Å². The van der Waals surface area contributed by atoms with Crippen LogP contribution in [0.3, 0.4) is 0 Å². The highest BCUT2D eigenvalue weighted by atomic mass is 16.2. The standard InChI is InChI=1S/C15H16N6O/c1-3-11-13(17-2)21-14(12(16)18-11)19-20(15(21)22)9-10-7-5-4-6-8-10/h3-8H,9H2,1-2H3,(H2,16,18)/b11-3+,17-13?. The number of rotatable bonds is 2. The molecule has 0 unspecified atom stereocenters. The molecule has 0 saturated carbocycles. The van der Waals surface area contributed by atoms with Gasteiger partial charge in [-0.05, 0) is 12.5 Å². The van der Waals surface area contributed by atoms with Gasteiger partial charge in [-0.1, -0.05) is 36.4 Å². The SMILES string of the molecule is C/C=c1/nc(N)c2nn(Cc3ccccc3)c(=O)n2c1=NC. The molecule has 1 aromatic carbocycles. The molecule has 3 rings (SSSR count). The Labute approximate surface area is 126 Å². The van der Waals surface area contributed by atoms with Crippen molar-refractivity contribution in [3.8, 4) is 0 Å². The molecular weight excluding hydrogens is 280 g/mol. The largest absolute Gasteiger partial charge is 0.381 e. The van der Waals surface area contributed by atoms with E-state index >= 15 is 0 Å². The summed E-state index contributed by atoms with van der Waals surface area (Å²) >= 11 is 0. The quantitative estimate of drug-likeness (QED) is 0.695. The van der Waals surface area contributed by atoms with Crippen molar-refractivity contribution in [2.75, 3.05) is 12.8 Å². The van der Waals surface area contributed by atoms with Crippen LogP contribution in [-0.4, -0.2) is 26.2 Å². The molecule has 7 heteroatoms. The molecule has 0 atom stereocenters. The zero-order valence-electron chi connectivity index (χ0n) is 12.4. The lowest BCUT2D eigenvalue weighted by atomic mass is 10.2. The highest BCUT2D eigenvalue weighted by Gasteiger charge is 2.13. The molecule has 0 amide bonds. The number of hydrogen-bond donors (Lipinski definition) is 1. The molecule has 0 spiro atoms. The molecule has 0 fully saturated rings. The first kappa shape index (κ1) is 14.0. The van der Waals surface area contributed by atoms with Gasteiger partial charge >= 0.3 is 5.69 Å². The molecule has 0 aliphatic rings. The fourth-order valence-corrected chi connectivity index (χ4v) is 2.38. The average molecular weight is 296 g/mol. The van der Waals surface area contributed by atoms with E-state index in [1.54, 1.807) is 13.1 Å². The molecule has 0 radical (unpaired) electrons. The summed E-state index contributed by atoms with van der Waals surface area (Å²) in [6.45, 7) is 2.19. The van der Waals surface area contributed by atoms with Gasteiger partial charge in [0.15, 0.2) is 11.3 Å². The van der Waals surface area contributed by atoms with Crippen LogP contribution in [0.15, 0.2) is 40.1 Å². The third-order valence-electron chi connectivity index (χ3n) is 3.41. The van der Waals surface area contributed by atoms with Crippen LogP contribution < -0.4 is 22.3 Å². The minimum atomic E-state index is -0.281. The van der Waals surface area contributed by atoms with Crippen LogP contribution >= 0.6 is 0 Å². The maximum Gasteiger partial charge on any atom is 0.352 e. The summed E-state index contributed by atoms with van der Waals surface area (Å²) in [7, 11) is 1.61. The second-order valence-corrected chi connectivity index (χ2v) is 4.80. The predicted octanol–water partition coefficient (Wildman–Crippen LogP) is -0.429. The van der Waals surface area contributed by atoms with Gasteiger partial charge in [-0.15, -0.1) is 5.10 Å². The van der Waals surface area contributed by atoms with E-state index in [-0.39, 0.29) is 11.5 Å². The van der Waals surface area contributed by atoms with Gasteiger partial charge < -0.3 is 5.73 Å². The molecule has 2 aromatic heterocycles. The van der Waals surface area contributed by atoms with E-state index in [0.29, 0.717) is 23.0 Å². The number of anilines is 1. The summed E-state index contributed by atoms with van der Waals surface area (Å²) in [5.41, 5.74) is 7.41. The predicted molar refractivity (Wildman–Crippen MR) is 84.0 cm³/mol. The Kier molecular flexibility index (Phi) is 3.46. The summed E-state index contributed by atoms with van der Waals surface area (Å²) < 4.78 is 2.78. The van der Waals surface area contributed by atoms with Crippen molar-refractivity contribution in [1.82, 2.24) is 19.2 Å². The Morgan fingerprint density at radius 1 is 1.32 bits per heavy atom. The first-order chi connectivity index (χ1) is 10.7. The molecular formula is C15H16N6O. The summed E-state index contributed by atoms with van der Waals surface area (Å²) in [5.74, 6) is 0.212. The van der Waals surface area contributed by atoms with Gasteiger partial charge in [0, 0.05) is 7.05 Å². The van der Waals surface area contributed by atoms with E-state index < -0.39 is 0 Å². The van der Waals surface area contributed by atoms with Crippen molar-refractivity contribution in [1.29, 1.82) is 0 Å². The smallest absolute Gasteiger partial charge is 0.352 e. The number of fused-ring (bicyclic) bond motifs is 1. The van der Waals surface area contributed by atoms with Crippen molar-refractivity contribution < 1.29 is 0 Å². The lowest BCUT2D eigenvalue weighted by Crippen LogP contribution is -2.40. The van der Waals surface area contributed by atoms with Crippen molar-refractivity contribution in [2.24, 2.45) is 4.99 Å². The Balaban J connectivity index is 2.31. The van der Waals surface area contributed by atoms with Crippen LogP contribution in [-0.2, 0) is 6.54 Å². The lowest BCUT2D eigenvalue weighted by molar-refractivity contribution is 0.656. The van der Waals surface area contributed by atoms with Crippen molar-refractivity contribution in [3.05, 3.63) is 57.2 Å². The van der Waals surface area contributed by atoms with E-state index in [2.05, 4.69) is 15.1 Å². The monoisotopic (exact) mass is 296 g/mol. The maximum atomic E-state index is 12.6. The normalized spacial score (nSPS) is 13.2. The van der Waals surface area contributed by atoms with Crippen LogP contribution in [0.5, 0.6) is 0 Å². The Morgan fingerprint density at radius 3 is 2.68 bits per heavy atom. The maximum absolute atomic E-state index is 12.6.